The first-order valence-electron chi connectivity index (χ1n) is 8.11. The molecule has 0 saturated heterocycles. The van der Waals surface area contributed by atoms with Crippen molar-refractivity contribution >= 4 is 39.1 Å². The number of benzene rings is 2. The van der Waals surface area contributed by atoms with Gasteiger partial charge in [0.2, 0.25) is 0 Å². The van der Waals surface area contributed by atoms with Crippen LogP contribution in [0.1, 0.15) is 10.4 Å². The van der Waals surface area contributed by atoms with Crippen molar-refractivity contribution in [1.82, 2.24) is 4.57 Å². The van der Waals surface area contributed by atoms with Crippen molar-refractivity contribution in [2.45, 2.75) is 6.54 Å². The summed E-state index contributed by atoms with van der Waals surface area (Å²) >= 11 is 1.14. The number of carbonyl (C=O) groups excluding carboxylic acids is 2. The number of hydrogen-bond acceptors (Lipinski definition) is 5. The number of halogens is 1. The summed E-state index contributed by atoms with van der Waals surface area (Å²) in [5, 5.41) is 0. The molecule has 0 fully saturated rings. The highest BCUT2D eigenvalue weighted by Gasteiger charge is 2.13. The van der Waals surface area contributed by atoms with Gasteiger partial charge < -0.3 is 14.2 Å². The third-order valence-corrected chi connectivity index (χ3v) is 5.03. The quantitative estimate of drug-likeness (QED) is 0.646. The van der Waals surface area contributed by atoms with Crippen LogP contribution in [0.4, 0.5) is 10.1 Å². The largest absolute Gasteiger partial charge is 0.468 e. The van der Waals surface area contributed by atoms with Gasteiger partial charge >= 0.3 is 5.97 Å². The molecule has 1 heterocycles. The van der Waals surface area contributed by atoms with Crippen molar-refractivity contribution in [3.05, 3.63) is 58.6 Å². The molecular formula is C19H18FN3O3S. The Bertz CT molecular complexity index is 1070. The van der Waals surface area contributed by atoms with Crippen molar-refractivity contribution in [2.75, 3.05) is 26.1 Å². The Labute approximate surface area is 159 Å². The standard InChI is InChI=1S/C19H18FN3O3S/c1-22(2)14-7-4-12(5-8-14)18(25)21-19-23(11-17(24)26-3)15-9-6-13(20)10-16(15)27-19/h4-10H,11H2,1-3H3. The van der Waals surface area contributed by atoms with Crippen LogP contribution in [-0.4, -0.2) is 37.6 Å². The number of anilines is 1. The van der Waals surface area contributed by atoms with E-state index in [0.29, 0.717) is 20.6 Å². The number of thiazole rings is 1. The van der Waals surface area contributed by atoms with Crippen molar-refractivity contribution < 1.29 is 18.7 Å². The van der Waals surface area contributed by atoms with Crippen LogP contribution in [0.25, 0.3) is 10.2 Å². The number of rotatable bonds is 4. The molecule has 0 unspecified atom stereocenters. The molecule has 0 aliphatic carbocycles. The molecule has 1 aromatic heterocycles. The topological polar surface area (TPSA) is 63.9 Å². The molecule has 0 bridgehead atoms. The molecule has 27 heavy (non-hydrogen) atoms. The maximum absolute atomic E-state index is 13.5. The number of fused-ring (bicyclic) bond motifs is 1. The zero-order valence-electron chi connectivity index (χ0n) is 15.1. The minimum absolute atomic E-state index is 0.117. The van der Waals surface area contributed by atoms with Gasteiger partial charge in [0.15, 0.2) is 4.80 Å². The molecule has 0 aliphatic heterocycles. The number of carbonyl (C=O) groups is 2. The van der Waals surface area contributed by atoms with Gasteiger partial charge in [-0.1, -0.05) is 11.3 Å². The second-order valence-electron chi connectivity index (χ2n) is 6.02. The van der Waals surface area contributed by atoms with Gasteiger partial charge in [0.1, 0.15) is 12.4 Å². The predicted octanol–water partition coefficient (Wildman–Crippen LogP) is 2.82. The number of ether oxygens (including phenoxy) is 1. The molecule has 0 spiro atoms. The smallest absolute Gasteiger partial charge is 0.325 e. The van der Waals surface area contributed by atoms with Gasteiger partial charge in [-0.25, -0.2) is 4.39 Å². The number of methoxy groups -OCH3 is 1. The maximum atomic E-state index is 13.5. The average Bonchev–Trinajstić information content (AvgIpc) is 2.97. The highest BCUT2D eigenvalue weighted by atomic mass is 32.1. The Kier molecular flexibility index (Phi) is 5.36. The molecular weight excluding hydrogens is 369 g/mol. The molecule has 6 nitrogen and oxygen atoms in total. The first-order chi connectivity index (χ1) is 12.9. The average molecular weight is 387 g/mol. The van der Waals surface area contributed by atoms with E-state index in [1.807, 2.05) is 31.1 Å². The van der Waals surface area contributed by atoms with E-state index in [-0.39, 0.29) is 6.54 Å². The van der Waals surface area contributed by atoms with Crippen LogP contribution in [0.5, 0.6) is 0 Å². The molecule has 0 saturated carbocycles. The fourth-order valence-corrected chi connectivity index (χ4v) is 3.59. The van der Waals surface area contributed by atoms with Crippen LogP contribution in [-0.2, 0) is 16.1 Å². The van der Waals surface area contributed by atoms with Gasteiger partial charge in [-0.05, 0) is 42.5 Å². The Balaban J connectivity index is 2.06. The van der Waals surface area contributed by atoms with E-state index in [0.717, 1.165) is 17.0 Å². The van der Waals surface area contributed by atoms with E-state index in [1.165, 1.54) is 19.2 Å². The maximum Gasteiger partial charge on any atom is 0.325 e. The Morgan fingerprint density at radius 2 is 1.89 bits per heavy atom. The summed E-state index contributed by atoms with van der Waals surface area (Å²) in [5.74, 6) is -1.32. The zero-order valence-corrected chi connectivity index (χ0v) is 15.9. The fourth-order valence-electron chi connectivity index (χ4n) is 2.53. The number of amides is 1. The van der Waals surface area contributed by atoms with Crippen molar-refractivity contribution in [2.24, 2.45) is 4.99 Å². The van der Waals surface area contributed by atoms with Crippen LogP contribution in [0.2, 0.25) is 0 Å². The van der Waals surface area contributed by atoms with Crippen molar-refractivity contribution in [3.8, 4) is 0 Å². The normalized spacial score (nSPS) is 11.6. The second kappa shape index (κ2) is 7.71. The highest BCUT2D eigenvalue weighted by molar-refractivity contribution is 7.16. The molecule has 1 amide bonds. The lowest BCUT2D eigenvalue weighted by Gasteiger charge is -2.11. The lowest BCUT2D eigenvalue weighted by atomic mass is 10.2. The zero-order chi connectivity index (χ0) is 19.6. The van der Waals surface area contributed by atoms with E-state index in [2.05, 4.69) is 4.99 Å². The van der Waals surface area contributed by atoms with Gasteiger partial charge in [0, 0.05) is 25.3 Å². The van der Waals surface area contributed by atoms with Crippen molar-refractivity contribution in [1.29, 1.82) is 0 Å². The molecule has 140 valence electrons. The van der Waals surface area contributed by atoms with E-state index >= 15 is 0 Å². The summed E-state index contributed by atoms with van der Waals surface area (Å²) in [6.45, 7) is -0.117. The fraction of sp³-hybridized carbons (Fsp3) is 0.211. The van der Waals surface area contributed by atoms with Crippen molar-refractivity contribution in [3.63, 3.8) is 0 Å². The summed E-state index contributed by atoms with van der Waals surface area (Å²) in [7, 11) is 5.10. The SMILES string of the molecule is COC(=O)Cn1c(=NC(=O)c2ccc(N(C)C)cc2)sc2cc(F)ccc21. The van der Waals surface area contributed by atoms with E-state index in [1.54, 1.807) is 22.8 Å². The summed E-state index contributed by atoms with van der Waals surface area (Å²) in [4.78, 5) is 30.7. The predicted molar refractivity (Wildman–Crippen MR) is 102 cm³/mol. The third-order valence-electron chi connectivity index (χ3n) is 3.99. The molecule has 3 aromatic rings. The molecule has 0 aliphatic rings. The van der Waals surface area contributed by atoms with Gasteiger partial charge in [-0.2, -0.15) is 4.99 Å². The van der Waals surface area contributed by atoms with Crippen LogP contribution >= 0.6 is 11.3 Å². The second-order valence-corrected chi connectivity index (χ2v) is 7.03. The highest BCUT2D eigenvalue weighted by Crippen LogP contribution is 2.19. The Hall–Kier alpha value is -3.00. The molecule has 8 heteroatoms. The monoisotopic (exact) mass is 387 g/mol. The number of aromatic nitrogens is 1. The van der Waals surface area contributed by atoms with Crippen LogP contribution in [0, 0.1) is 5.82 Å². The lowest BCUT2D eigenvalue weighted by Crippen LogP contribution is -2.22. The van der Waals surface area contributed by atoms with E-state index in [9.17, 15) is 14.0 Å². The van der Waals surface area contributed by atoms with Gasteiger partial charge in [-0.3, -0.25) is 9.59 Å². The molecule has 0 N–H and O–H groups in total. The van der Waals surface area contributed by atoms with E-state index in [4.69, 9.17) is 4.74 Å². The number of nitrogens with zero attached hydrogens (tertiary/aromatic N) is 3. The summed E-state index contributed by atoms with van der Waals surface area (Å²) in [6.07, 6.45) is 0. The summed E-state index contributed by atoms with van der Waals surface area (Å²) < 4.78 is 20.4. The molecule has 0 radical (unpaired) electrons. The third kappa shape index (κ3) is 4.06. The minimum atomic E-state index is -0.483. The Morgan fingerprint density at radius 3 is 2.52 bits per heavy atom. The first-order valence-corrected chi connectivity index (χ1v) is 8.93. The Morgan fingerprint density at radius 1 is 1.19 bits per heavy atom. The van der Waals surface area contributed by atoms with Crippen LogP contribution in [0.15, 0.2) is 47.5 Å². The summed E-state index contributed by atoms with van der Waals surface area (Å²) in [6, 6.07) is 11.2. The lowest BCUT2D eigenvalue weighted by molar-refractivity contribution is -0.141. The van der Waals surface area contributed by atoms with Crippen LogP contribution in [0.3, 0.4) is 0 Å². The molecule has 2 aromatic carbocycles. The van der Waals surface area contributed by atoms with Gasteiger partial charge in [-0.15, -0.1) is 0 Å². The summed E-state index contributed by atoms with van der Waals surface area (Å²) in [5.41, 5.74) is 2.00. The van der Waals surface area contributed by atoms with Gasteiger partial charge in [0.05, 0.1) is 17.3 Å². The van der Waals surface area contributed by atoms with Gasteiger partial charge in [0.25, 0.3) is 5.91 Å². The molecule has 3 rings (SSSR count). The number of hydrogen-bond donors (Lipinski definition) is 0. The van der Waals surface area contributed by atoms with Crippen LogP contribution < -0.4 is 9.70 Å². The molecule has 0 atom stereocenters. The minimum Gasteiger partial charge on any atom is -0.468 e. The first kappa shape index (κ1) is 18.8. The van der Waals surface area contributed by atoms with E-state index < -0.39 is 17.7 Å². The number of esters is 1.